The van der Waals surface area contributed by atoms with Crippen molar-refractivity contribution in [3.8, 4) is 5.75 Å². The molecule has 0 N–H and O–H groups in total. The monoisotopic (exact) mass is 464 g/mol. The Labute approximate surface area is 167 Å². The fourth-order valence-electron chi connectivity index (χ4n) is 3.41. The van der Waals surface area contributed by atoms with Gasteiger partial charge in [0, 0.05) is 24.0 Å². The fraction of sp³-hybridized carbons (Fsp3) is 0.300. The molecule has 1 aliphatic rings. The zero-order valence-electron chi connectivity index (χ0n) is 15.0. The molecule has 2 aromatic rings. The Morgan fingerprint density at radius 1 is 1.12 bits per heavy atom. The van der Waals surface area contributed by atoms with Crippen LogP contribution in [0.5, 0.6) is 5.75 Å². The number of hydrogen-bond donors (Lipinski definition) is 0. The molecule has 2 atom stereocenters. The van der Waals surface area contributed by atoms with Gasteiger partial charge < -0.3 is 14.5 Å². The lowest BCUT2D eigenvalue weighted by Gasteiger charge is -2.29. The second kappa shape index (κ2) is 7.65. The zero-order valence-corrected chi connectivity index (χ0v) is 17.1. The Hall–Kier alpha value is -2.09. The molecule has 5 nitrogen and oxygen atoms in total. The van der Waals surface area contributed by atoms with E-state index in [2.05, 4.69) is 22.6 Å². The van der Waals surface area contributed by atoms with Gasteiger partial charge in [-0.2, -0.15) is 0 Å². The third-order valence-corrected chi connectivity index (χ3v) is 5.44. The van der Waals surface area contributed by atoms with E-state index in [-0.39, 0.29) is 18.0 Å². The van der Waals surface area contributed by atoms with Crippen LogP contribution in [-0.2, 0) is 16.0 Å². The van der Waals surface area contributed by atoms with Crippen molar-refractivity contribution in [2.45, 2.75) is 25.6 Å². The first-order chi connectivity index (χ1) is 12.4. The third kappa shape index (κ3) is 3.56. The van der Waals surface area contributed by atoms with E-state index in [1.165, 1.54) is 6.92 Å². The van der Waals surface area contributed by atoms with Crippen LogP contribution in [0.3, 0.4) is 0 Å². The highest BCUT2D eigenvalue weighted by Crippen LogP contribution is 2.35. The van der Waals surface area contributed by atoms with Gasteiger partial charge in [-0.05, 0) is 58.0 Å². The highest BCUT2D eigenvalue weighted by atomic mass is 127. The molecule has 1 saturated heterocycles. The van der Waals surface area contributed by atoms with Gasteiger partial charge in [0.05, 0.1) is 7.11 Å². The van der Waals surface area contributed by atoms with Crippen LogP contribution in [0, 0.1) is 3.57 Å². The van der Waals surface area contributed by atoms with E-state index < -0.39 is 6.04 Å². The van der Waals surface area contributed by atoms with Crippen molar-refractivity contribution in [1.82, 2.24) is 9.80 Å². The first kappa shape index (κ1) is 18.7. The van der Waals surface area contributed by atoms with Gasteiger partial charge in [0.1, 0.15) is 18.0 Å². The van der Waals surface area contributed by atoms with E-state index in [0.29, 0.717) is 6.42 Å². The van der Waals surface area contributed by atoms with E-state index in [9.17, 15) is 9.59 Å². The summed E-state index contributed by atoms with van der Waals surface area (Å²) in [5.74, 6) is 0.619. The molecule has 2 unspecified atom stereocenters. The average Bonchev–Trinajstić information content (AvgIpc) is 2.88. The largest absolute Gasteiger partial charge is 0.497 e. The number of carbonyl (C=O) groups is 2. The van der Waals surface area contributed by atoms with Crippen LogP contribution in [0.15, 0.2) is 48.5 Å². The molecule has 2 aromatic carbocycles. The zero-order chi connectivity index (χ0) is 18.8. The lowest BCUT2D eigenvalue weighted by Crippen LogP contribution is -2.39. The number of hydrogen-bond acceptors (Lipinski definition) is 3. The first-order valence-electron chi connectivity index (χ1n) is 8.36. The maximum Gasteiger partial charge on any atom is 0.247 e. The SMILES string of the molecule is COc1ccc(CC2C(=O)N(C)C(c3ccc(I)cc3)N2C(C)=O)cc1. The topological polar surface area (TPSA) is 49.9 Å². The molecule has 0 saturated carbocycles. The molecule has 136 valence electrons. The first-order valence-corrected chi connectivity index (χ1v) is 9.44. The van der Waals surface area contributed by atoms with Crippen LogP contribution >= 0.6 is 22.6 Å². The number of halogens is 1. The number of benzene rings is 2. The predicted octanol–water partition coefficient (Wildman–Crippen LogP) is 3.23. The summed E-state index contributed by atoms with van der Waals surface area (Å²) in [6.07, 6.45) is 0.105. The van der Waals surface area contributed by atoms with Gasteiger partial charge in [-0.3, -0.25) is 9.59 Å². The molecule has 0 aliphatic carbocycles. The standard InChI is InChI=1S/C20H21IN2O3/c1-13(24)23-18(12-14-4-10-17(26-3)11-5-14)20(25)22(2)19(23)15-6-8-16(21)9-7-15/h4-11,18-19H,12H2,1-3H3. The van der Waals surface area contributed by atoms with Crippen LogP contribution < -0.4 is 4.74 Å². The summed E-state index contributed by atoms with van der Waals surface area (Å²) in [7, 11) is 3.38. The molecule has 6 heteroatoms. The van der Waals surface area contributed by atoms with E-state index in [1.807, 2.05) is 48.5 Å². The normalized spacial score (nSPS) is 19.8. The van der Waals surface area contributed by atoms with Gasteiger partial charge in [-0.15, -0.1) is 0 Å². The molecule has 0 aromatic heterocycles. The summed E-state index contributed by atoms with van der Waals surface area (Å²) in [5, 5.41) is 0. The number of carbonyl (C=O) groups excluding carboxylic acids is 2. The maximum atomic E-state index is 12.9. The summed E-state index contributed by atoms with van der Waals surface area (Å²) >= 11 is 2.24. The number of nitrogens with zero attached hydrogens (tertiary/aromatic N) is 2. The van der Waals surface area contributed by atoms with E-state index in [4.69, 9.17) is 4.74 Å². The second-order valence-electron chi connectivity index (χ2n) is 6.37. The summed E-state index contributed by atoms with van der Waals surface area (Å²) in [5.41, 5.74) is 1.93. The summed E-state index contributed by atoms with van der Waals surface area (Å²) in [6, 6.07) is 15.0. The van der Waals surface area contributed by atoms with Crippen LogP contribution in [0.4, 0.5) is 0 Å². The Kier molecular flexibility index (Phi) is 5.50. The van der Waals surface area contributed by atoms with Crippen molar-refractivity contribution in [3.63, 3.8) is 0 Å². The van der Waals surface area contributed by atoms with Gasteiger partial charge in [-0.25, -0.2) is 0 Å². The van der Waals surface area contributed by atoms with E-state index >= 15 is 0 Å². The Morgan fingerprint density at radius 3 is 2.27 bits per heavy atom. The molecule has 26 heavy (non-hydrogen) atoms. The summed E-state index contributed by atoms with van der Waals surface area (Å²) in [4.78, 5) is 28.7. The minimum absolute atomic E-state index is 0.0421. The molecule has 1 heterocycles. The van der Waals surface area contributed by atoms with Crippen molar-refractivity contribution in [2.24, 2.45) is 0 Å². The highest BCUT2D eigenvalue weighted by Gasteiger charge is 2.46. The quantitative estimate of drug-likeness (QED) is 0.654. The van der Waals surface area contributed by atoms with Gasteiger partial charge >= 0.3 is 0 Å². The molecule has 0 bridgehead atoms. The van der Waals surface area contributed by atoms with Gasteiger partial charge in [0.15, 0.2) is 0 Å². The second-order valence-corrected chi connectivity index (χ2v) is 7.61. The van der Waals surface area contributed by atoms with Crippen molar-refractivity contribution in [2.75, 3.05) is 14.2 Å². The molecule has 3 rings (SSSR count). The number of likely N-dealkylation sites (N-methyl/N-ethyl adjacent to an activating group) is 1. The minimum atomic E-state index is -0.504. The van der Waals surface area contributed by atoms with Crippen molar-refractivity contribution < 1.29 is 14.3 Å². The number of rotatable bonds is 4. The minimum Gasteiger partial charge on any atom is -0.497 e. The van der Waals surface area contributed by atoms with Gasteiger partial charge in [-0.1, -0.05) is 24.3 Å². The Bertz CT molecular complexity index is 805. The van der Waals surface area contributed by atoms with Crippen LogP contribution in [0.1, 0.15) is 24.2 Å². The number of ether oxygens (including phenoxy) is 1. The van der Waals surface area contributed by atoms with Gasteiger partial charge in [0.25, 0.3) is 0 Å². The smallest absolute Gasteiger partial charge is 0.247 e. The molecule has 0 spiro atoms. The highest BCUT2D eigenvalue weighted by molar-refractivity contribution is 14.1. The third-order valence-electron chi connectivity index (χ3n) is 4.72. The van der Waals surface area contributed by atoms with E-state index in [1.54, 1.807) is 24.0 Å². The Balaban J connectivity index is 1.92. The fourth-order valence-corrected chi connectivity index (χ4v) is 3.77. The molecule has 1 fully saturated rings. The average molecular weight is 464 g/mol. The molecular weight excluding hydrogens is 443 g/mol. The molecule has 1 aliphatic heterocycles. The van der Waals surface area contributed by atoms with Crippen molar-refractivity contribution >= 4 is 34.4 Å². The number of methoxy groups -OCH3 is 1. The van der Waals surface area contributed by atoms with E-state index in [0.717, 1.165) is 20.4 Å². The molecule has 0 radical (unpaired) electrons. The van der Waals surface area contributed by atoms with Gasteiger partial charge in [0.2, 0.25) is 11.8 Å². The van der Waals surface area contributed by atoms with Crippen LogP contribution in [0.25, 0.3) is 0 Å². The number of amides is 2. The Morgan fingerprint density at radius 2 is 1.73 bits per heavy atom. The van der Waals surface area contributed by atoms with Crippen LogP contribution in [-0.4, -0.2) is 41.8 Å². The van der Waals surface area contributed by atoms with Crippen molar-refractivity contribution in [1.29, 1.82) is 0 Å². The lowest BCUT2D eigenvalue weighted by atomic mass is 10.0. The summed E-state index contributed by atoms with van der Waals surface area (Å²) < 4.78 is 6.29. The van der Waals surface area contributed by atoms with Crippen molar-refractivity contribution in [3.05, 3.63) is 63.2 Å². The summed E-state index contributed by atoms with van der Waals surface area (Å²) in [6.45, 7) is 1.52. The van der Waals surface area contributed by atoms with Crippen LogP contribution in [0.2, 0.25) is 0 Å². The predicted molar refractivity (Wildman–Crippen MR) is 108 cm³/mol. The lowest BCUT2D eigenvalue weighted by molar-refractivity contribution is -0.134. The molecular formula is C20H21IN2O3. The molecule has 2 amide bonds. The maximum absolute atomic E-state index is 12.9.